The number of benzene rings is 1. The maximum atomic E-state index is 12.7. The van der Waals surface area contributed by atoms with Gasteiger partial charge in [0.05, 0.1) is 17.1 Å². The maximum Gasteiger partial charge on any atom is 0.227 e. The Morgan fingerprint density at radius 1 is 1.33 bits per heavy atom. The Kier molecular flexibility index (Phi) is 6.02. The number of aromatic nitrogens is 2. The van der Waals surface area contributed by atoms with E-state index in [0.29, 0.717) is 12.5 Å². The van der Waals surface area contributed by atoms with Crippen molar-refractivity contribution in [3.05, 3.63) is 41.7 Å². The Morgan fingerprint density at radius 3 is 2.75 bits per heavy atom. The summed E-state index contributed by atoms with van der Waals surface area (Å²) in [5.74, 6) is 0.399. The van der Waals surface area contributed by atoms with E-state index in [0.717, 1.165) is 42.0 Å². The number of nitrogens with one attached hydrogen (secondary N) is 1. The monoisotopic (exact) mass is 348 g/mol. The van der Waals surface area contributed by atoms with Crippen LogP contribution in [-0.2, 0) is 4.79 Å². The molecule has 1 aliphatic rings. The summed E-state index contributed by atoms with van der Waals surface area (Å²) >= 11 is 0. The topological polar surface area (TPSA) is 72.9 Å². The minimum atomic E-state index is 0. The van der Waals surface area contributed by atoms with E-state index in [-0.39, 0.29) is 24.2 Å². The van der Waals surface area contributed by atoms with Crippen molar-refractivity contribution in [1.82, 2.24) is 9.78 Å². The van der Waals surface area contributed by atoms with Gasteiger partial charge in [-0.25, -0.2) is 4.68 Å². The fourth-order valence-corrected chi connectivity index (χ4v) is 3.53. The van der Waals surface area contributed by atoms with Crippen molar-refractivity contribution < 1.29 is 4.79 Å². The van der Waals surface area contributed by atoms with E-state index in [1.165, 1.54) is 0 Å². The van der Waals surface area contributed by atoms with E-state index < -0.39 is 0 Å². The molecule has 0 saturated heterocycles. The zero-order valence-electron chi connectivity index (χ0n) is 14.2. The van der Waals surface area contributed by atoms with Gasteiger partial charge >= 0.3 is 0 Å². The molecule has 3 rings (SSSR count). The van der Waals surface area contributed by atoms with E-state index in [1.54, 1.807) is 0 Å². The third-order valence-corrected chi connectivity index (χ3v) is 4.70. The molecule has 1 amide bonds. The normalized spacial score (nSPS) is 19.8. The van der Waals surface area contributed by atoms with E-state index in [2.05, 4.69) is 10.4 Å². The highest BCUT2D eigenvalue weighted by atomic mass is 35.5. The molecule has 0 bridgehead atoms. The molecule has 0 aliphatic heterocycles. The van der Waals surface area contributed by atoms with Gasteiger partial charge in [-0.1, -0.05) is 18.6 Å². The quantitative estimate of drug-likeness (QED) is 0.890. The molecule has 3 N–H and O–H groups in total. The molecule has 130 valence electrons. The first-order chi connectivity index (χ1) is 11.1. The zero-order chi connectivity index (χ0) is 16.4. The Balaban J connectivity index is 0.00000208. The third kappa shape index (κ3) is 3.62. The summed E-state index contributed by atoms with van der Waals surface area (Å²) in [4.78, 5) is 12.7. The average Bonchev–Trinajstić information content (AvgIpc) is 3.13. The van der Waals surface area contributed by atoms with Crippen LogP contribution in [0.3, 0.4) is 0 Å². The molecule has 24 heavy (non-hydrogen) atoms. The Morgan fingerprint density at radius 2 is 2.08 bits per heavy atom. The molecule has 1 aromatic carbocycles. The second-order valence-corrected chi connectivity index (χ2v) is 6.38. The number of halogens is 1. The minimum Gasteiger partial charge on any atom is -0.330 e. The van der Waals surface area contributed by atoms with Crippen molar-refractivity contribution >= 4 is 24.0 Å². The molecule has 6 heteroatoms. The highest BCUT2D eigenvalue weighted by Gasteiger charge is 2.32. The molecule has 1 heterocycles. The lowest BCUT2D eigenvalue weighted by atomic mass is 9.95. The molecule has 1 aliphatic carbocycles. The Labute approximate surface area is 149 Å². The number of hydrogen-bond acceptors (Lipinski definition) is 3. The van der Waals surface area contributed by atoms with Gasteiger partial charge in [0.2, 0.25) is 5.91 Å². The number of carbonyl (C=O) groups is 1. The van der Waals surface area contributed by atoms with Gasteiger partial charge in [-0.3, -0.25) is 4.79 Å². The van der Waals surface area contributed by atoms with Crippen molar-refractivity contribution in [3.8, 4) is 5.69 Å². The van der Waals surface area contributed by atoms with Gasteiger partial charge in [0.25, 0.3) is 0 Å². The molecule has 1 saturated carbocycles. The fraction of sp³-hybridized carbons (Fsp3) is 0.444. The van der Waals surface area contributed by atoms with Crippen LogP contribution in [0, 0.1) is 25.7 Å². The molecule has 5 nitrogen and oxygen atoms in total. The highest BCUT2D eigenvalue weighted by Crippen LogP contribution is 2.32. The summed E-state index contributed by atoms with van der Waals surface area (Å²) in [5, 5.41) is 7.62. The molecular weight excluding hydrogens is 324 g/mol. The van der Waals surface area contributed by atoms with Crippen molar-refractivity contribution in [2.24, 2.45) is 17.6 Å². The van der Waals surface area contributed by atoms with Crippen LogP contribution in [0.5, 0.6) is 0 Å². The average molecular weight is 349 g/mol. The smallest absolute Gasteiger partial charge is 0.227 e. The number of nitrogens with zero attached hydrogens (tertiary/aromatic N) is 2. The number of carbonyl (C=O) groups excluding carboxylic acids is 1. The summed E-state index contributed by atoms with van der Waals surface area (Å²) < 4.78 is 1.88. The lowest BCUT2D eigenvalue weighted by molar-refractivity contribution is -0.120. The van der Waals surface area contributed by atoms with Crippen molar-refractivity contribution in [2.45, 2.75) is 33.1 Å². The second-order valence-electron chi connectivity index (χ2n) is 6.38. The molecule has 0 spiro atoms. The minimum absolute atomic E-state index is 0. The zero-order valence-corrected chi connectivity index (χ0v) is 15.0. The Hall–Kier alpha value is -1.85. The standard InChI is InChI=1S/C18H24N4O.ClH/c1-12-10-13(2)22(21-12)17-9-4-3-8-16(17)20-18(23)15-7-5-6-14(15)11-19;/h3-4,8-10,14-15H,5-7,11,19H2,1-2H3,(H,20,23);1H/t14-,15-;/m1./s1. The lowest BCUT2D eigenvalue weighted by Gasteiger charge is -2.19. The van der Waals surface area contributed by atoms with Gasteiger partial charge < -0.3 is 11.1 Å². The van der Waals surface area contributed by atoms with Gasteiger partial charge in [0, 0.05) is 11.6 Å². The predicted molar refractivity (Wildman–Crippen MR) is 98.8 cm³/mol. The lowest BCUT2D eigenvalue weighted by Crippen LogP contribution is -2.30. The number of para-hydroxylation sites is 2. The summed E-state index contributed by atoms with van der Waals surface area (Å²) in [6.45, 7) is 4.56. The van der Waals surface area contributed by atoms with Crippen LogP contribution >= 0.6 is 12.4 Å². The van der Waals surface area contributed by atoms with Crippen LogP contribution in [0.25, 0.3) is 5.69 Å². The molecule has 1 fully saturated rings. The fourth-order valence-electron chi connectivity index (χ4n) is 3.53. The largest absolute Gasteiger partial charge is 0.330 e. The molecule has 2 atom stereocenters. The molecular formula is C18H25ClN4O. The number of rotatable bonds is 4. The van der Waals surface area contributed by atoms with Gasteiger partial charge in [-0.05, 0) is 57.4 Å². The van der Waals surface area contributed by atoms with Gasteiger partial charge in [0.1, 0.15) is 0 Å². The molecule has 2 aromatic rings. The highest BCUT2D eigenvalue weighted by molar-refractivity contribution is 5.94. The first-order valence-corrected chi connectivity index (χ1v) is 8.23. The molecule has 1 aromatic heterocycles. The van der Waals surface area contributed by atoms with Crippen LogP contribution in [0.15, 0.2) is 30.3 Å². The van der Waals surface area contributed by atoms with Gasteiger partial charge in [0.15, 0.2) is 0 Å². The summed E-state index contributed by atoms with van der Waals surface area (Å²) in [6, 6.07) is 9.82. The van der Waals surface area contributed by atoms with Gasteiger partial charge in [-0.2, -0.15) is 5.10 Å². The second kappa shape index (κ2) is 7.81. The summed E-state index contributed by atoms with van der Waals surface area (Å²) in [6.07, 6.45) is 3.06. The van der Waals surface area contributed by atoms with E-state index in [9.17, 15) is 4.79 Å². The van der Waals surface area contributed by atoms with E-state index in [1.807, 2.05) is 48.9 Å². The number of hydrogen-bond donors (Lipinski definition) is 2. The maximum absolute atomic E-state index is 12.7. The van der Waals surface area contributed by atoms with Crippen molar-refractivity contribution in [3.63, 3.8) is 0 Å². The van der Waals surface area contributed by atoms with Crippen molar-refractivity contribution in [2.75, 3.05) is 11.9 Å². The van der Waals surface area contributed by atoms with Gasteiger partial charge in [-0.15, -0.1) is 12.4 Å². The van der Waals surface area contributed by atoms with Crippen LogP contribution < -0.4 is 11.1 Å². The van der Waals surface area contributed by atoms with Crippen LogP contribution in [0.1, 0.15) is 30.7 Å². The number of nitrogens with two attached hydrogens (primary N) is 1. The molecule has 0 radical (unpaired) electrons. The first-order valence-electron chi connectivity index (χ1n) is 8.23. The van der Waals surface area contributed by atoms with E-state index in [4.69, 9.17) is 5.73 Å². The van der Waals surface area contributed by atoms with Crippen LogP contribution in [0.2, 0.25) is 0 Å². The number of anilines is 1. The number of aryl methyl sites for hydroxylation is 2. The number of amides is 1. The first kappa shape index (κ1) is 18.5. The molecule has 0 unspecified atom stereocenters. The third-order valence-electron chi connectivity index (χ3n) is 4.70. The van der Waals surface area contributed by atoms with Crippen LogP contribution in [0.4, 0.5) is 5.69 Å². The Bertz CT molecular complexity index is 713. The van der Waals surface area contributed by atoms with Crippen LogP contribution in [-0.4, -0.2) is 22.2 Å². The predicted octanol–water partition coefficient (Wildman–Crippen LogP) is 3.22. The SMILES string of the molecule is Cc1cc(C)n(-c2ccccc2NC(=O)[C@@H]2CCC[C@@H]2CN)n1.Cl. The van der Waals surface area contributed by atoms with Crippen molar-refractivity contribution in [1.29, 1.82) is 0 Å². The van der Waals surface area contributed by atoms with E-state index >= 15 is 0 Å². The summed E-state index contributed by atoms with van der Waals surface area (Å²) in [5.41, 5.74) is 9.51. The summed E-state index contributed by atoms with van der Waals surface area (Å²) in [7, 11) is 0.